The third-order valence-corrected chi connectivity index (χ3v) is 6.53. The Labute approximate surface area is 135 Å². The normalized spacial score (nSPS) is 27.3. The fourth-order valence-corrected chi connectivity index (χ4v) is 4.72. The van der Waals surface area contributed by atoms with Crippen molar-refractivity contribution in [1.29, 1.82) is 5.26 Å². The second-order valence-electron chi connectivity index (χ2n) is 6.88. The molecule has 0 spiro atoms. The van der Waals surface area contributed by atoms with E-state index in [0.717, 1.165) is 0 Å². The molecule has 1 saturated carbocycles. The summed E-state index contributed by atoms with van der Waals surface area (Å²) in [6.07, 6.45) is 1.43. The lowest BCUT2D eigenvalue weighted by Gasteiger charge is -2.20. The maximum Gasteiger partial charge on any atom is 0.260 e. The minimum Gasteiger partial charge on any atom is -0.379 e. The van der Waals surface area contributed by atoms with Gasteiger partial charge in [0.1, 0.15) is 0 Å². The number of β-amino-alcohol motifs (C(OH)–C–C–N with tert-alkyl or cyclic N) is 1. The predicted octanol–water partition coefficient (Wildman–Crippen LogP) is 0.720. The summed E-state index contributed by atoms with van der Waals surface area (Å²) in [5.74, 6) is 0.410. The molecule has 8 nitrogen and oxygen atoms in total. The number of hydrogen-bond donors (Lipinski definition) is 1. The highest BCUT2D eigenvalue weighted by molar-refractivity contribution is 7.89. The van der Waals surface area contributed by atoms with Gasteiger partial charge in [-0.05, 0) is 12.8 Å². The number of nitriles is 1. The molecule has 1 saturated heterocycles. The van der Waals surface area contributed by atoms with Crippen LogP contribution < -0.4 is 0 Å². The van der Waals surface area contributed by atoms with E-state index in [4.69, 9.17) is 9.78 Å². The lowest BCUT2D eigenvalue weighted by Crippen LogP contribution is -2.37. The van der Waals surface area contributed by atoms with Gasteiger partial charge in [-0.15, -0.1) is 0 Å². The quantitative estimate of drug-likeness (QED) is 0.838. The maximum atomic E-state index is 12.5. The van der Waals surface area contributed by atoms with Gasteiger partial charge in [-0.1, -0.05) is 19.0 Å². The van der Waals surface area contributed by atoms with Crippen LogP contribution in [0.2, 0.25) is 0 Å². The van der Waals surface area contributed by atoms with Crippen LogP contribution in [0.4, 0.5) is 0 Å². The van der Waals surface area contributed by atoms with Gasteiger partial charge in [-0.2, -0.15) is 14.6 Å². The largest absolute Gasteiger partial charge is 0.379 e. The Balaban J connectivity index is 1.75. The second-order valence-corrected chi connectivity index (χ2v) is 8.84. The fourth-order valence-electron chi connectivity index (χ4n) is 2.71. The zero-order valence-electron chi connectivity index (χ0n) is 13.2. The van der Waals surface area contributed by atoms with Gasteiger partial charge < -0.3 is 9.63 Å². The molecule has 2 aliphatic rings. The Morgan fingerprint density at radius 3 is 2.65 bits per heavy atom. The van der Waals surface area contributed by atoms with Crippen LogP contribution in [0, 0.1) is 16.7 Å². The molecule has 0 aromatic carbocycles. The molecule has 1 aliphatic carbocycles. The van der Waals surface area contributed by atoms with Gasteiger partial charge in [0, 0.05) is 18.9 Å². The molecule has 0 amide bonds. The molecule has 0 bridgehead atoms. The molecule has 1 aromatic rings. The van der Waals surface area contributed by atoms with E-state index < -0.39 is 21.0 Å². The van der Waals surface area contributed by atoms with Crippen LogP contribution in [0.15, 0.2) is 4.52 Å². The average molecular weight is 340 g/mol. The monoisotopic (exact) mass is 340 g/mol. The van der Waals surface area contributed by atoms with Crippen LogP contribution in [0.5, 0.6) is 0 Å². The van der Waals surface area contributed by atoms with Crippen LogP contribution >= 0.6 is 0 Å². The lowest BCUT2D eigenvalue weighted by molar-refractivity contribution is 0.0194. The summed E-state index contributed by atoms with van der Waals surface area (Å²) in [6, 6.07) is 2.09. The average Bonchev–Trinajstić information content (AvgIpc) is 2.92. The van der Waals surface area contributed by atoms with Crippen molar-refractivity contribution in [2.75, 3.05) is 18.8 Å². The molecule has 3 rings (SSSR count). The zero-order valence-corrected chi connectivity index (χ0v) is 14.0. The number of sulfonamides is 1. The van der Waals surface area contributed by atoms with Crippen LogP contribution in [-0.4, -0.2) is 46.8 Å². The van der Waals surface area contributed by atoms with Gasteiger partial charge >= 0.3 is 0 Å². The molecule has 1 aromatic heterocycles. The molecule has 1 aliphatic heterocycles. The molecule has 2 fully saturated rings. The Kier molecular flexibility index (Phi) is 3.74. The standard InChI is InChI=1S/C14H20N4O4S/c1-10(2)11-16-12(22-17-11)14(19)5-6-18(8-14)23(20,21)9-13(7-15)3-4-13/h10,19H,3-6,8-9H2,1-2H3/t14-/m1/s1. The van der Waals surface area contributed by atoms with Crippen molar-refractivity contribution in [2.45, 2.75) is 44.6 Å². The first kappa shape index (κ1) is 16.4. The third-order valence-electron chi connectivity index (χ3n) is 4.51. The molecule has 0 radical (unpaired) electrons. The molecule has 126 valence electrons. The Morgan fingerprint density at radius 1 is 1.43 bits per heavy atom. The molecule has 2 heterocycles. The van der Waals surface area contributed by atoms with Crippen molar-refractivity contribution in [3.63, 3.8) is 0 Å². The van der Waals surface area contributed by atoms with Gasteiger partial charge in [-0.3, -0.25) is 0 Å². The molecule has 9 heteroatoms. The summed E-state index contributed by atoms with van der Waals surface area (Å²) < 4.78 is 31.3. The van der Waals surface area contributed by atoms with Gasteiger partial charge in [0.15, 0.2) is 11.4 Å². The van der Waals surface area contributed by atoms with Crippen LogP contribution in [0.1, 0.15) is 50.7 Å². The van der Waals surface area contributed by atoms with E-state index in [9.17, 15) is 13.5 Å². The first-order valence-corrected chi connectivity index (χ1v) is 9.26. The highest BCUT2D eigenvalue weighted by Crippen LogP contribution is 2.47. The van der Waals surface area contributed by atoms with Gasteiger partial charge in [0.05, 0.1) is 23.8 Å². The van der Waals surface area contributed by atoms with Crippen molar-refractivity contribution in [3.8, 4) is 6.07 Å². The summed E-state index contributed by atoms with van der Waals surface area (Å²) in [7, 11) is -3.59. The maximum absolute atomic E-state index is 12.5. The molecule has 1 N–H and O–H groups in total. The number of rotatable bonds is 5. The first-order chi connectivity index (χ1) is 10.7. The molecule has 0 unspecified atom stereocenters. The van der Waals surface area contributed by atoms with E-state index in [1.165, 1.54) is 4.31 Å². The van der Waals surface area contributed by atoms with E-state index in [0.29, 0.717) is 18.7 Å². The van der Waals surface area contributed by atoms with Crippen LogP contribution in [0.3, 0.4) is 0 Å². The Morgan fingerprint density at radius 2 is 2.13 bits per heavy atom. The smallest absolute Gasteiger partial charge is 0.260 e. The van der Waals surface area contributed by atoms with E-state index in [-0.39, 0.29) is 37.1 Å². The number of aliphatic hydroxyl groups is 1. The SMILES string of the molecule is CC(C)c1noc([C@@]2(O)CCN(S(=O)(=O)CC3(C#N)CC3)C2)n1. The third kappa shape index (κ3) is 2.98. The van der Waals surface area contributed by atoms with E-state index in [1.54, 1.807) is 0 Å². The topological polar surface area (TPSA) is 120 Å². The van der Waals surface area contributed by atoms with Crippen molar-refractivity contribution >= 4 is 10.0 Å². The minimum atomic E-state index is -3.59. The summed E-state index contributed by atoms with van der Waals surface area (Å²) >= 11 is 0. The highest BCUT2D eigenvalue weighted by Gasteiger charge is 2.52. The highest BCUT2D eigenvalue weighted by atomic mass is 32.2. The first-order valence-electron chi connectivity index (χ1n) is 7.65. The van der Waals surface area contributed by atoms with Crippen molar-refractivity contribution in [3.05, 3.63) is 11.7 Å². The molecular formula is C14H20N4O4S. The number of nitrogens with zero attached hydrogens (tertiary/aromatic N) is 4. The lowest BCUT2D eigenvalue weighted by atomic mass is 10.0. The Bertz CT molecular complexity index is 747. The van der Waals surface area contributed by atoms with Gasteiger partial charge in [0.25, 0.3) is 5.89 Å². The van der Waals surface area contributed by atoms with E-state index >= 15 is 0 Å². The molecular weight excluding hydrogens is 320 g/mol. The predicted molar refractivity (Wildman–Crippen MR) is 79.5 cm³/mol. The fraction of sp³-hybridized carbons (Fsp3) is 0.786. The van der Waals surface area contributed by atoms with Gasteiger partial charge in [0.2, 0.25) is 10.0 Å². The summed E-state index contributed by atoms with van der Waals surface area (Å²) in [5.41, 5.74) is -2.20. The van der Waals surface area contributed by atoms with Gasteiger partial charge in [-0.25, -0.2) is 8.42 Å². The van der Waals surface area contributed by atoms with Crippen LogP contribution in [-0.2, 0) is 15.6 Å². The second kappa shape index (κ2) is 5.26. The zero-order chi connectivity index (χ0) is 16.9. The number of aromatic nitrogens is 2. The summed E-state index contributed by atoms with van der Waals surface area (Å²) in [6.45, 7) is 3.87. The van der Waals surface area contributed by atoms with E-state index in [2.05, 4.69) is 16.2 Å². The number of hydrogen-bond acceptors (Lipinski definition) is 7. The van der Waals surface area contributed by atoms with Crippen LogP contribution in [0.25, 0.3) is 0 Å². The van der Waals surface area contributed by atoms with Crippen molar-refractivity contribution < 1.29 is 18.0 Å². The van der Waals surface area contributed by atoms with Crippen molar-refractivity contribution in [2.24, 2.45) is 5.41 Å². The van der Waals surface area contributed by atoms with Crippen molar-refractivity contribution in [1.82, 2.24) is 14.4 Å². The molecule has 23 heavy (non-hydrogen) atoms. The minimum absolute atomic E-state index is 0.0559. The Hall–Kier alpha value is -1.50. The summed E-state index contributed by atoms with van der Waals surface area (Å²) in [4.78, 5) is 4.18. The van der Waals surface area contributed by atoms with E-state index in [1.807, 2.05) is 13.8 Å². The summed E-state index contributed by atoms with van der Waals surface area (Å²) in [5, 5.41) is 23.6. The molecule has 1 atom stereocenters.